The van der Waals surface area contributed by atoms with Crippen molar-refractivity contribution < 1.29 is 19.6 Å². The number of aliphatic carboxylic acids is 1. The van der Waals surface area contributed by atoms with Crippen molar-refractivity contribution in [2.75, 3.05) is 13.1 Å². The van der Waals surface area contributed by atoms with Crippen LogP contribution in [0.15, 0.2) is 48.0 Å². The minimum absolute atomic E-state index is 0.0215. The number of allylic oxidation sites excluding steroid dienone is 1. The second-order valence-corrected chi connectivity index (χ2v) is 7.52. The molecule has 0 unspecified atom stereocenters. The van der Waals surface area contributed by atoms with Crippen molar-refractivity contribution in [2.45, 2.75) is 32.6 Å². The summed E-state index contributed by atoms with van der Waals surface area (Å²) in [5, 5.41) is 30.2. The molecule has 8 nitrogen and oxygen atoms in total. The highest BCUT2D eigenvalue weighted by molar-refractivity contribution is 5.98. The molecule has 0 bridgehead atoms. The number of rotatable bonds is 7. The Balaban J connectivity index is 2.00. The van der Waals surface area contributed by atoms with Gasteiger partial charge in [0.1, 0.15) is 0 Å². The summed E-state index contributed by atoms with van der Waals surface area (Å²) in [7, 11) is 0. The van der Waals surface area contributed by atoms with Crippen molar-refractivity contribution in [1.82, 2.24) is 4.90 Å². The van der Waals surface area contributed by atoms with Gasteiger partial charge in [-0.2, -0.15) is 5.26 Å². The van der Waals surface area contributed by atoms with Gasteiger partial charge in [0.2, 0.25) is 0 Å². The van der Waals surface area contributed by atoms with Crippen LogP contribution in [-0.2, 0) is 4.79 Å². The fourth-order valence-electron chi connectivity index (χ4n) is 3.98. The molecular formula is C24H23N3O5. The third-order valence-corrected chi connectivity index (χ3v) is 5.61. The van der Waals surface area contributed by atoms with Gasteiger partial charge in [-0.1, -0.05) is 25.1 Å². The van der Waals surface area contributed by atoms with E-state index in [1.54, 1.807) is 37.3 Å². The first-order chi connectivity index (χ1) is 15.4. The third kappa shape index (κ3) is 4.67. The Morgan fingerprint density at radius 3 is 2.28 bits per heavy atom. The smallest absolute Gasteiger partial charge is 0.332 e. The van der Waals surface area contributed by atoms with E-state index in [0.29, 0.717) is 16.7 Å². The molecule has 0 saturated carbocycles. The van der Waals surface area contributed by atoms with Gasteiger partial charge in [0.05, 0.1) is 28.5 Å². The SMILES string of the molecule is CC/C(=C(/CC#N)C(=O)O)c1ccc(-c2ccc(C(=O)N3CCCC3)cc2)cc1[N+](=O)[O-]. The monoisotopic (exact) mass is 433 g/mol. The number of hydrogen-bond acceptors (Lipinski definition) is 5. The maximum Gasteiger partial charge on any atom is 0.332 e. The third-order valence-electron chi connectivity index (χ3n) is 5.61. The number of likely N-dealkylation sites (tertiary alicyclic amines) is 1. The van der Waals surface area contributed by atoms with Crippen LogP contribution in [0.25, 0.3) is 16.7 Å². The zero-order valence-corrected chi connectivity index (χ0v) is 17.7. The summed E-state index contributed by atoms with van der Waals surface area (Å²) in [6.07, 6.45) is 1.90. The highest BCUT2D eigenvalue weighted by Crippen LogP contribution is 2.35. The van der Waals surface area contributed by atoms with Crippen LogP contribution >= 0.6 is 0 Å². The normalized spacial score (nSPS) is 13.9. The van der Waals surface area contributed by atoms with Gasteiger partial charge in [0, 0.05) is 24.7 Å². The van der Waals surface area contributed by atoms with Crippen LogP contribution in [0.2, 0.25) is 0 Å². The number of nitrogens with zero attached hydrogens (tertiary/aromatic N) is 3. The molecule has 1 aliphatic rings. The Morgan fingerprint density at radius 2 is 1.75 bits per heavy atom. The van der Waals surface area contributed by atoms with E-state index in [4.69, 9.17) is 5.26 Å². The molecule has 0 radical (unpaired) electrons. The molecule has 0 aromatic heterocycles. The summed E-state index contributed by atoms with van der Waals surface area (Å²) < 4.78 is 0. The first-order valence-corrected chi connectivity index (χ1v) is 10.4. The molecule has 2 aromatic carbocycles. The van der Waals surface area contributed by atoms with Gasteiger partial charge >= 0.3 is 5.97 Å². The van der Waals surface area contributed by atoms with E-state index in [1.165, 1.54) is 12.1 Å². The first-order valence-electron chi connectivity index (χ1n) is 10.4. The Morgan fingerprint density at radius 1 is 1.12 bits per heavy atom. The summed E-state index contributed by atoms with van der Waals surface area (Å²) in [5.74, 6) is -1.29. The Hall–Kier alpha value is -3.99. The molecule has 1 amide bonds. The molecule has 2 aromatic rings. The van der Waals surface area contributed by atoms with Gasteiger partial charge < -0.3 is 10.0 Å². The van der Waals surface area contributed by atoms with E-state index < -0.39 is 10.9 Å². The van der Waals surface area contributed by atoms with Gasteiger partial charge in [0.15, 0.2) is 0 Å². The Labute approximate surface area is 185 Å². The van der Waals surface area contributed by atoms with E-state index in [9.17, 15) is 24.8 Å². The average Bonchev–Trinajstić information content (AvgIpc) is 3.33. The van der Waals surface area contributed by atoms with Gasteiger partial charge in [-0.05, 0) is 54.2 Å². The van der Waals surface area contributed by atoms with Crippen LogP contribution in [0.5, 0.6) is 0 Å². The van der Waals surface area contributed by atoms with E-state index in [0.717, 1.165) is 25.9 Å². The topological polar surface area (TPSA) is 125 Å². The lowest BCUT2D eigenvalue weighted by Crippen LogP contribution is -2.27. The lowest BCUT2D eigenvalue weighted by molar-refractivity contribution is -0.385. The number of carboxylic acids is 1. The summed E-state index contributed by atoms with van der Waals surface area (Å²) >= 11 is 0. The number of nitro groups is 1. The molecule has 1 saturated heterocycles. The van der Waals surface area contributed by atoms with Crippen LogP contribution in [-0.4, -0.2) is 39.9 Å². The van der Waals surface area contributed by atoms with Crippen molar-refractivity contribution in [1.29, 1.82) is 5.26 Å². The average molecular weight is 433 g/mol. The molecule has 32 heavy (non-hydrogen) atoms. The molecule has 8 heteroatoms. The zero-order valence-electron chi connectivity index (χ0n) is 17.7. The molecule has 0 aliphatic carbocycles. The molecule has 3 rings (SSSR count). The lowest BCUT2D eigenvalue weighted by atomic mass is 9.92. The van der Waals surface area contributed by atoms with E-state index in [2.05, 4.69) is 0 Å². The fourth-order valence-corrected chi connectivity index (χ4v) is 3.98. The largest absolute Gasteiger partial charge is 0.478 e. The number of nitriles is 1. The van der Waals surface area contributed by atoms with Gasteiger partial charge in [-0.3, -0.25) is 14.9 Å². The predicted molar refractivity (Wildman–Crippen MR) is 119 cm³/mol. The van der Waals surface area contributed by atoms with Gasteiger partial charge in [-0.25, -0.2) is 4.79 Å². The number of carbonyl (C=O) groups excluding carboxylic acids is 1. The summed E-state index contributed by atoms with van der Waals surface area (Å²) in [6, 6.07) is 13.3. The molecule has 1 N–H and O–H groups in total. The van der Waals surface area contributed by atoms with E-state index in [-0.39, 0.29) is 41.1 Å². The summed E-state index contributed by atoms with van der Waals surface area (Å²) in [4.78, 5) is 37.2. The zero-order chi connectivity index (χ0) is 23.3. The van der Waals surface area contributed by atoms with Crippen molar-refractivity contribution >= 4 is 23.1 Å². The maximum atomic E-state index is 12.5. The number of carbonyl (C=O) groups is 2. The van der Waals surface area contributed by atoms with Crippen LogP contribution in [0.3, 0.4) is 0 Å². The van der Waals surface area contributed by atoms with E-state index in [1.807, 2.05) is 11.0 Å². The van der Waals surface area contributed by atoms with Crippen molar-refractivity contribution in [3.8, 4) is 17.2 Å². The number of benzene rings is 2. The number of nitro benzene ring substituents is 1. The van der Waals surface area contributed by atoms with Crippen LogP contribution in [0, 0.1) is 21.4 Å². The summed E-state index contributed by atoms with van der Waals surface area (Å²) in [6.45, 7) is 3.21. The number of amides is 1. The quantitative estimate of drug-likeness (QED) is 0.385. The lowest BCUT2D eigenvalue weighted by Gasteiger charge is -2.15. The van der Waals surface area contributed by atoms with Gasteiger partial charge in [0.25, 0.3) is 11.6 Å². The first kappa shape index (κ1) is 22.7. The minimum Gasteiger partial charge on any atom is -0.478 e. The molecule has 0 atom stereocenters. The van der Waals surface area contributed by atoms with Gasteiger partial charge in [-0.15, -0.1) is 0 Å². The standard InChI is InChI=1S/C24H23N3O5/c1-2-19(21(11-12-25)24(29)30)20-10-9-18(15-22(20)27(31)32)16-5-7-17(8-6-16)23(28)26-13-3-4-14-26/h5-10,15H,2-4,11,13-14H2,1H3,(H,29,30)/b21-19+. The highest BCUT2D eigenvalue weighted by Gasteiger charge is 2.23. The van der Waals surface area contributed by atoms with E-state index >= 15 is 0 Å². The molecule has 1 aliphatic heterocycles. The fraction of sp³-hybridized carbons (Fsp3) is 0.292. The number of hydrogen-bond donors (Lipinski definition) is 1. The summed E-state index contributed by atoms with van der Waals surface area (Å²) in [5.41, 5.74) is 1.94. The van der Waals surface area contributed by atoms with Crippen LogP contribution in [0.4, 0.5) is 5.69 Å². The van der Waals surface area contributed by atoms with Crippen LogP contribution in [0.1, 0.15) is 48.5 Å². The van der Waals surface area contributed by atoms with Crippen molar-refractivity contribution in [2.24, 2.45) is 0 Å². The van der Waals surface area contributed by atoms with Crippen molar-refractivity contribution in [3.05, 3.63) is 69.3 Å². The molecule has 1 fully saturated rings. The predicted octanol–water partition coefficient (Wildman–Crippen LogP) is 4.66. The Kier molecular flexibility index (Phi) is 7.00. The van der Waals surface area contributed by atoms with Crippen molar-refractivity contribution in [3.63, 3.8) is 0 Å². The highest BCUT2D eigenvalue weighted by atomic mass is 16.6. The molecular weight excluding hydrogens is 410 g/mol. The second-order valence-electron chi connectivity index (χ2n) is 7.52. The molecule has 0 spiro atoms. The minimum atomic E-state index is -1.26. The molecule has 164 valence electrons. The number of carboxylic acid groups (broad SMARTS) is 1. The maximum absolute atomic E-state index is 12.5. The van der Waals surface area contributed by atoms with Crippen LogP contribution < -0.4 is 0 Å². The Bertz CT molecular complexity index is 1120. The molecule has 1 heterocycles. The second kappa shape index (κ2) is 9.88.